The number of nitrogens with zero attached hydrogens (tertiary/aromatic N) is 3. The first kappa shape index (κ1) is 13.9. The molecule has 106 valence electrons. The van der Waals surface area contributed by atoms with Gasteiger partial charge >= 0.3 is 0 Å². The minimum Gasteiger partial charge on any atom is -0.476 e. The molecule has 0 fully saturated rings. The van der Waals surface area contributed by atoms with Crippen LogP contribution in [-0.2, 0) is 0 Å². The van der Waals surface area contributed by atoms with Crippen LogP contribution in [0.5, 0.6) is 17.5 Å². The normalized spacial score (nSPS) is 10.2. The van der Waals surface area contributed by atoms with E-state index in [0.29, 0.717) is 29.8 Å². The van der Waals surface area contributed by atoms with E-state index in [1.54, 1.807) is 0 Å². The molecule has 0 saturated heterocycles. The summed E-state index contributed by atoms with van der Waals surface area (Å²) >= 11 is 0. The number of anilines is 2. The Morgan fingerprint density at radius 1 is 1.20 bits per heavy atom. The zero-order chi connectivity index (χ0) is 14.5. The van der Waals surface area contributed by atoms with E-state index in [9.17, 15) is 0 Å². The summed E-state index contributed by atoms with van der Waals surface area (Å²) in [6.45, 7) is 2.35. The number of hydrogen-bond acceptors (Lipinski definition) is 6. The van der Waals surface area contributed by atoms with Crippen LogP contribution >= 0.6 is 0 Å². The van der Waals surface area contributed by atoms with Gasteiger partial charge in [-0.25, -0.2) is 0 Å². The fraction of sp³-hybridized carbons (Fsp3) is 0.286. The predicted molar refractivity (Wildman–Crippen MR) is 78.5 cm³/mol. The highest BCUT2D eigenvalue weighted by Gasteiger charge is 2.11. The quantitative estimate of drug-likeness (QED) is 0.902. The van der Waals surface area contributed by atoms with Crippen molar-refractivity contribution in [1.82, 2.24) is 9.97 Å². The van der Waals surface area contributed by atoms with Gasteiger partial charge in [-0.1, -0.05) is 6.07 Å². The van der Waals surface area contributed by atoms with Gasteiger partial charge in [0.1, 0.15) is 12.1 Å². The van der Waals surface area contributed by atoms with Crippen molar-refractivity contribution >= 4 is 11.4 Å². The lowest BCUT2D eigenvalue weighted by atomic mass is 10.3. The second-order valence-electron chi connectivity index (χ2n) is 4.32. The highest BCUT2D eigenvalue weighted by molar-refractivity contribution is 5.58. The Hall–Kier alpha value is -2.50. The fourth-order valence-electron chi connectivity index (χ4n) is 1.63. The number of aromatic nitrogens is 2. The summed E-state index contributed by atoms with van der Waals surface area (Å²) in [6, 6.07) is 7.64. The van der Waals surface area contributed by atoms with E-state index in [1.807, 2.05) is 50.2 Å². The summed E-state index contributed by atoms with van der Waals surface area (Å²) in [5.74, 6) is 1.28. The standard InChI is InChI=1S/C14H18N4O2/c1-4-19-13-12(15)14(17-9-16-13)20-11-7-5-6-10(8-11)18(2)3/h5-9H,4,15H2,1-3H3. The lowest BCUT2D eigenvalue weighted by molar-refractivity contribution is 0.325. The summed E-state index contributed by atoms with van der Waals surface area (Å²) in [5.41, 5.74) is 7.25. The van der Waals surface area contributed by atoms with Gasteiger partial charge in [-0.15, -0.1) is 0 Å². The maximum absolute atomic E-state index is 5.93. The minimum absolute atomic E-state index is 0.291. The van der Waals surface area contributed by atoms with Crippen LogP contribution in [0.4, 0.5) is 11.4 Å². The average molecular weight is 274 g/mol. The summed E-state index contributed by atoms with van der Waals surface area (Å²) in [7, 11) is 3.93. The van der Waals surface area contributed by atoms with Gasteiger partial charge in [-0.05, 0) is 19.1 Å². The molecule has 2 aromatic rings. The van der Waals surface area contributed by atoms with Crippen molar-refractivity contribution in [1.29, 1.82) is 0 Å². The molecule has 0 amide bonds. The Morgan fingerprint density at radius 2 is 1.95 bits per heavy atom. The Morgan fingerprint density at radius 3 is 2.65 bits per heavy atom. The molecule has 0 atom stereocenters. The summed E-state index contributed by atoms with van der Waals surface area (Å²) in [4.78, 5) is 10.00. The largest absolute Gasteiger partial charge is 0.476 e. The smallest absolute Gasteiger partial charge is 0.249 e. The number of benzene rings is 1. The number of hydrogen-bond donors (Lipinski definition) is 1. The Balaban J connectivity index is 2.26. The van der Waals surface area contributed by atoms with Gasteiger partial charge in [0.25, 0.3) is 0 Å². The Labute approximate surface area is 118 Å². The van der Waals surface area contributed by atoms with Crippen LogP contribution in [0.3, 0.4) is 0 Å². The van der Waals surface area contributed by atoms with Gasteiger partial charge in [0.15, 0.2) is 5.69 Å². The van der Waals surface area contributed by atoms with Crippen LogP contribution in [-0.4, -0.2) is 30.7 Å². The average Bonchev–Trinajstić information content (AvgIpc) is 2.44. The number of ether oxygens (including phenoxy) is 2. The van der Waals surface area contributed by atoms with E-state index in [-0.39, 0.29) is 0 Å². The Bertz CT molecular complexity index is 587. The van der Waals surface area contributed by atoms with Gasteiger partial charge < -0.3 is 20.1 Å². The molecule has 0 aliphatic rings. The van der Waals surface area contributed by atoms with Gasteiger partial charge in [-0.2, -0.15) is 9.97 Å². The molecule has 20 heavy (non-hydrogen) atoms. The van der Waals surface area contributed by atoms with E-state index in [4.69, 9.17) is 15.2 Å². The van der Waals surface area contributed by atoms with Crippen LogP contribution in [0.25, 0.3) is 0 Å². The summed E-state index contributed by atoms with van der Waals surface area (Å²) < 4.78 is 11.0. The number of nitrogen functional groups attached to an aromatic ring is 1. The van der Waals surface area contributed by atoms with Gasteiger partial charge in [0, 0.05) is 25.8 Å². The van der Waals surface area contributed by atoms with Crippen molar-refractivity contribution < 1.29 is 9.47 Å². The van der Waals surface area contributed by atoms with E-state index >= 15 is 0 Å². The second kappa shape index (κ2) is 6.10. The number of nitrogens with two attached hydrogens (primary N) is 1. The molecule has 6 nitrogen and oxygen atoms in total. The maximum atomic E-state index is 5.93. The van der Waals surface area contributed by atoms with Crippen molar-refractivity contribution in [3.8, 4) is 17.5 Å². The van der Waals surface area contributed by atoms with Crippen LogP contribution in [0.2, 0.25) is 0 Å². The SMILES string of the molecule is CCOc1ncnc(Oc2cccc(N(C)C)c2)c1N. The molecule has 0 bridgehead atoms. The van der Waals surface area contributed by atoms with Crippen LogP contribution < -0.4 is 20.1 Å². The van der Waals surface area contributed by atoms with Crippen LogP contribution in [0.15, 0.2) is 30.6 Å². The molecule has 0 spiro atoms. The third kappa shape index (κ3) is 3.09. The lowest BCUT2D eigenvalue weighted by Crippen LogP contribution is -2.08. The highest BCUT2D eigenvalue weighted by atomic mass is 16.5. The highest BCUT2D eigenvalue weighted by Crippen LogP contribution is 2.31. The van der Waals surface area contributed by atoms with E-state index < -0.39 is 0 Å². The third-order valence-corrected chi connectivity index (χ3v) is 2.64. The molecule has 0 radical (unpaired) electrons. The lowest BCUT2D eigenvalue weighted by Gasteiger charge is -2.14. The van der Waals surface area contributed by atoms with Gasteiger partial charge in [0.2, 0.25) is 11.8 Å². The van der Waals surface area contributed by atoms with Crippen molar-refractivity contribution in [3.63, 3.8) is 0 Å². The Kier molecular flexibility index (Phi) is 4.24. The molecule has 6 heteroatoms. The van der Waals surface area contributed by atoms with Crippen molar-refractivity contribution in [3.05, 3.63) is 30.6 Å². The fourth-order valence-corrected chi connectivity index (χ4v) is 1.63. The topological polar surface area (TPSA) is 73.5 Å². The first-order chi connectivity index (χ1) is 9.61. The van der Waals surface area contributed by atoms with E-state index in [2.05, 4.69) is 9.97 Å². The first-order valence-corrected chi connectivity index (χ1v) is 6.30. The molecule has 1 heterocycles. The molecular formula is C14H18N4O2. The van der Waals surface area contributed by atoms with Crippen molar-refractivity contribution in [2.75, 3.05) is 31.3 Å². The summed E-state index contributed by atoms with van der Waals surface area (Å²) in [5, 5.41) is 0. The summed E-state index contributed by atoms with van der Waals surface area (Å²) in [6.07, 6.45) is 1.37. The van der Waals surface area contributed by atoms with Crippen LogP contribution in [0.1, 0.15) is 6.92 Å². The monoisotopic (exact) mass is 274 g/mol. The first-order valence-electron chi connectivity index (χ1n) is 6.30. The maximum Gasteiger partial charge on any atom is 0.249 e. The zero-order valence-corrected chi connectivity index (χ0v) is 11.8. The molecule has 1 aromatic heterocycles. The molecule has 0 unspecified atom stereocenters. The van der Waals surface area contributed by atoms with E-state index in [1.165, 1.54) is 6.33 Å². The van der Waals surface area contributed by atoms with Gasteiger partial charge in [-0.3, -0.25) is 0 Å². The molecule has 2 rings (SSSR count). The molecule has 0 saturated carbocycles. The molecule has 1 aromatic carbocycles. The van der Waals surface area contributed by atoms with Gasteiger partial charge in [0.05, 0.1) is 6.61 Å². The minimum atomic E-state index is 0.291. The second-order valence-corrected chi connectivity index (χ2v) is 4.32. The third-order valence-electron chi connectivity index (χ3n) is 2.64. The number of rotatable bonds is 5. The van der Waals surface area contributed by atoms with Crippen LogP contribution in [0, 0.1) is 0 Å². The molecule has 0 aliphatic heterocycles. The molecule has 0 aliphatic carbocycles. The van der Waals surface area contributed by atoms with Crippen molar-refractivity contribution in [2.45, 2.75) is 6.92 Å². The van der Waals surface area contributed by atoms with Crippen molar-refractivity contribution in [2.24, 2.45) is 0 Å². The van der Waals surface area contributed by atoms with E-state index in [0.717, 1.165) is 5.69 Å². The molecule has 2 N–H and O–H groups in total. The predicted octanol–water partition coefficient (Wildman–Crippen LogP) is 2.32. The zero-order valence-electron chi connectivity index (χ0n) is 11.8. The molecular weight excluding hydrogens is 256 g/mol.